The van der Waals surface area contributed by atoms with E-state index in [0.717, 1.165) is 50.1 Å². The van der Waals surface area contributed by atoms with Gasteiger partial charge in [0.05, 0.1) is 18.8 Å². The van der Waals surface area contributed by atoms with Crippen molar-refractivity contribution in [2.24, 2.45) is 5.92 Å². The highest BCUT2D eigenvalue weighted by molar-refractivity contribution is 6.30. The van der Waals surface area contributed by atoms with Crippen LogP contribution in [0.1, 0.15) is 37.3 Å². The molecule has 5 rings (SSSR count). The van der Waals surface area contributed by atoms with E-state index in [1.807, 2.05) is 34.0 Å². The third kappa shape index (κ3) is 2.50. The van der Waals surface area contributed by atoms with Crippen molar-refractivity contribution in [1.29, 1.82) is 0 Å². The lowest BCUT2D eigenvalue weighted by Crippen LogP contribution is -2.41. The molecule has 2 atom stereocenters. The molecule has 1 saturated heterocycles. The lowest BCUT2D eigenvalue weighted by Gasteiger charge is -2.33. The molecule has 0 bridgehead atoms. The summed E-state index contributed by atoms with van der Waals surface area (Å²) in [6.45, 7) is 2.25. The van der Waals surface area contributed by atoms with Crippen molar-refractivity contribution in [3.63, 3.8) is 0 Å². The Morgan fingerprint density at radius 3 is 2.92 bits per heavy atom. The average Bonchev–Trinajstić information content (AvgIpc) is 3.12. The maximum absolute atomic E-state index is 13.1. The molecule has 0 radical (unpaired) electrons. The zero-order valence-electron chi connectivity index (χ0n) is 14.5. The predicted octanol–water partition coefficient (Wildman–Crippen LogP) is 2.84. The summed E-state index contributed by atoms with van der Waals surface area (Å²) < 4.78 is 7.70. The van der Waals surface area contributed by atoms with Gasteiger partial charge in [0.15, 0.2) is 0 Å². The molecule has 1 amide bonds. The fourth-order valence-electron chi connectivity index (χ4n) is 4.68. The molecule has 0 unspecified atom stereocenters. The van der Waals surface area contributed by atoms with Gasteiger partial charge < -0.3 is 9.64 Å². The minimum atomic E-state index is -0.0711. The molecule has 26 heavy (non-hydrogen) atoms. The second-order valence-corrected chi connectivity index (χ2v) is 8.03. The topological polar surface area (TPSA) is 60.2 Å². The summed E-state index contributed by atoms with van der Waals surface area (Å²) in [4.78, 5) is 15.2. The van der Waals surface area contributed by atoms with E-state index in [0.29, 0.717) is 17.7 Å². The van der Waals surface area contributed by atoms with Gasteiger partial charge in [-0.15, -0.1) is 5.10 Å². The van der Waals surface area contributed by atoms with E-state index in [4.69, 9.17) is 16.3 Å². The lowest BCUT2D eigenvalue weighted by atomic mass is 9.87. The molecule has 2 aromatic rings. The Kier molecular flexibility index (Phi) is 3.71. The lowest BCUT2D eigenvalue weighted by molar-refractivity contribution is -0.134. The molecule has 1 saturated carbocycles. The standard InChI is InChI=1S/C19H21ClN4O2/c20-13-1-2-17-15(11-13)19(5-10-26-17)12-16(19)18(25)23-7-3-14(4-8-23)24-9-6-21-22-24/h1-2,6,9,11,14,16H,3-5,7-8,10,12H2/t16-,19-/m0/s1. The number of carbonyl (C=O) groups excluding carboxylic acids is 1. The molecule has 2 aliphatic heterocycles. The van der Waals surface area contributed by atoms with Crippen molar-refractivity contribution >= 4 is 17.5 Å². The van der Waals surface area contributed by atoms with Crippen LogP contribution in [0.25, 0.3) is 0 Å². The fourth-order valence-corrected chi connectivity index (χ4v) is 4.85. The molecule has 136 valence electrons. The quantitative estimate of drug-likeness (QED) is 0.813. The molecule has 1 aromatic carbocycles. The van der Waals surface area contributed by atoms with Gasteiger partial charge in [0, 0.05) is 41.2 Å². The van der Waals surface area contributed by atoms with Gasteiger partial charge in [-0.25, -0.2) is 4.68 Å². The number of nitrogens with zero attached hydrogens (tertiary/aromatic N) is 4. The van der Waals surface area contributed by atoms with Crippen molar-refractivity contribution in [3.05, 3.63) is 41.2 Å². The molecular formula is C19H21ClN4O2. The van der Waals surface area contributed by atoms with Crippen LogP contribution >= 0.6 is 11.6 Å². The van der Waals surface area contributed by atoms with Gasteiger partial charge in [-0.3, -0.25) is 4.79 Å². The first-order chi connectivity index (χ1) is 12.7. The average molecular weight is 373 g/mol. The van der Waals surface area contributed by atoms with Crippen molar-refractivity contribution in [3.8, 4) is 5.75 Å². The summed E-state index contributed by atoms with van der Waals surface area (Å²) in [6.07, 6.45) is 7.28. The normalized spacial score (nSPS) is 27.9. The first-order valence-electron chi connectivity index (χ1n) is 9.25. The van der Waals surface area contributed by atoms with E-state index in [1.165, 1.54) is 0 Å². The molecule has 7 heteroatoms. The third-order valence-corrected chi connectivity index (χ3v) is 6.48. The Morgan fingerprint density at radius 1 is 1.31 bits per heavy atom. The molecule has 1 aromatic heterocycles. The van der Waals surface area contributed by atoms with Crippen LogP contribution in [0, 0.1) is 5.92 Å². The van der Waals surface area contributed by atoms with Crippen LogP contribution in [0.2, 0.25) is 5.02 Å². The minimum absolute atomic E-state index is 0.0616. The van der Waals surface area contributed by atoms with Gasteiger partial charge in [-0.05, 0) is 43.9 Å². The Bertz CT molecular complexity index is 832. The third-order valence-electron chi connectivity index (χ3n) is 6.25. The molecule has 3 heterocycles. The van der Waals surface area contributed by atoms with Gasteiger partial charge in [0.2, 0.25) is 5.91 Å². The monoisotopic (exact) mass is 372 g/mol. The number of aromatic nitrogens is 3. The number of rotatable bonds is 2. The van der Waals surface area contributed by atoms with Crippen molar-refractivity contribution < 1.29 is 9.53 Å². The van der Waals surface area contributed by atoms with E-state index < -0.39 is 0 Å². The van der Waals surface area contributed by atoms with Crippen LogP contribution in [0.3, 0.4) is 0 Å². The number of likely N-dealkylation sites (tertiary alicyclic amines) is 1. The van der Waals surface area contributed by atoms with Gasteiger partial charge in [0.1, 0.15) is 5.75 Å². The first-order valence-corrected chi connectivity index (χ1v) is 9.63. The number of ether oxygens (including phenoxy) is 1. The number of piperidine rings is 1. The number of benzene rings is 1. The van der Waals surface area contributed by atoms with Gasteiger partial charge in [-0.2, -0.15) is 0 Å². The molecule has 0 N–H and O–H groups in total. The van der Waals surface area contributed by atoms with Gasteiger partial charge in [-0.1, -0.05) is 16.8 Å². The number of halogens is 1. The maximum Gasteiger partial charge on any atom is 0.226 e. The van der Waals surface area contributed by atoms with Crippen LogP contribution in [-0.4, -0.2) is 45.5 Å². The summed E-state index contributed by atoms with van der Waals surface area (Å²) in [5.41, 5.74) is 1.05. The van der Waals surface area contributed by atoms with Crippen LogP contribution < -0.4 is 4.74 Å². The van der Waals surface area contributed by atoms with Gasteiger partial charge >= 0.3 is 0 Å². The highest BCUT2D eigenvalue weighted by atomic mass is 35.5. The molecule has 1 spiro atoms. The highest BCUT2D eigenvalue weighted by Crippen LogP contribution is 2.61. The van der Waals surface area contributed by atoms with E-state index in [1.54, 1.807) is 6.20 Å². The van der Waals surface area contributed by atoms with Crippen LogP contribution in [0.4, 0.5) is 0 Å². The number of hydrogen-bond donors (Lipinski definition) is 0. The minimum Gasteiger partial charge on any atom is -0.493 e. The Hall–Kier alpha value is -2.08. The predicted molar refractivity (Wildman–Crippen MR) is 96.2 cm³/mol. The summed E-state index contributed by atoms with van der Waals surface area (Å²) >= 11 is 6.21. The number of hydrogen-bond acceptors (Lipinski definition) is 4. The molecular weight excluding hydrogens is 352 g/mol. The Balaban J connectivity index is 1.30. The van der Waals surface area contributed by atoms with Crippen molar-refractivity contribution in [2.75, 3.05) is 19.7 Å². The van der Waals surface area contributed by atoms with Crippen molar-refractivity contribution in [1.82, 2.24) is 19.9 Å². The molecule has 2 fully saturated rings. The second kappa shape index (κ2) is 5.98. The summed E-state index contributed by atoms with van der Waals surface area (Å²) in [5.74, 6) is 1.24. The molecule has 3 aliphatic rings. The summed E-state index contributed by atoms with van der Waals surface area (Å²) in [7, 11) is 0. The zero-order chi connectivity index (χ0) is 17.7. The van der Waals surface area contributed by atoms with Crippen LogP contribution in [0.15, 0.2) is 30.6 Å². The second-order valence-electron chi connectivity index (χ2n) is 7.59. The smallest absolute Gasteiger partial charge is 0.226 e. The SMILES string of the molecule is O=C([C@@H]1C[C@]12CCOc1ccc(Cl)cc12)N1CCC(n2ccnn2)CC1. The largest absolute Gasteiger partial charge is 0.493 e. The number of carbonyl (C=O) groups is 1. The Morgan fingerprint density at radius 2 is 2.15 bits per heavy atom. The molecule has 6 nitrogen and oxygen atoms in total. The van der Waals surface area contributed by atoms with Crippen molar-refractivity contribution in [2.45, 2.75) is 37.1 Å². The van der Waals surface area contributed by atoms with Gasteiger partial charge in [0.25, 0.3) is 0 Å². The van der Waals surface area contributed by atoms with Crippen LogP contribution in [-0.2, 0) is 10.2 Å². The number of fused-ring (bicyclic) bond motifs is 2. The Labute approximate surface area is 157 Å². The molecule has 1 aliphatic carbocycles. The maximum atomic E-state index is 13.1. The van der Waals surface area contributed by atoms with E-state index >= 15 is 0 Å². The highest BCUT2D eigenvalue weighted by Gasteiger charge is 2.62. The van der Waals surface area contributed by atoms with E-state index in [2.05, 4.69) is 10.3 Å². The summed E-state index contributed by atoms with van der Waals surface area (Å²) in [5, 5.41) is 8.69. The zero-order valence-corrected chi connectivity index (χ0v) is 15.2. The first kappa shape index (κ1) is 16.1. The van der Waals surface area contributed by atoms with E-state index in [9.17, 15) is 4.79 Å². The van der Waals surface area contributed by atoms with E-state index in [-0.39, 0.29) is 17.2 Å². The fraction of sp³-hybridized carbons (Fsp3) is 0.526. The summed E-state index contributed by atoms with van der Waals surface area (Å²) in [6, 6.07) is 6.12. The number of amides is 1. The van der Waals surface area contributed by atoms with Crippen LogP contribution in [0.5, 0.6) is 5.75 Å².